The lowest BCUT2D eigenvalue weighted by atomic mass is 10.1. The lowest BCUT2D eigenvalue weighted by Crippen LogP contribution is -2.18. The molecule has 0 aliphatic rings. The topological polar surface area (TPSA) is 35.5 Å². The maximum Gasteiger partial charge on any atom is 0.349 e. The fourth-order valence-electron chi connectivity index (χ4n) is 2.56. The molecule has 0 radical (unpaired) electrons. The van der Waals surface area contributed by atoms with Crippen molar-refractivity contribution in [3.8, 4) is 22.6 Å². The Morgan fingerprint density at radius 3 is 2.38 bits per heavy atom. The number of ether oxygens (including phenoxy) is 2. The number of halogens is 1. The van der Waals surface area contributed by atoms with Gasteiger partial charge >= 0.3 is 5.97 Å². The van der Waals surface area contributed by atoms with E-state index in [9.17, 15) is 4.79 Å². The predicted octanol–water partition coefficient (Wildman–Crippen LogP) is 5.72. The molecule has 3 nitrogen and oxygen atoms in total. The summed E-state index contributed by atoms with van der Waals surface area (Å²) < 4.78 is 11.7. The molecular weight excluding hydrogens is 392 g/mol. The van der Waals surface area contributed by atoms with E-state index in [0.29, 0.717) is 11.5 Å². The van der Waals surface area contributed by atoms with Crippen LogP contribution in [0.4, 0.5) is 0 Å². The molecule has 26 heavy (non-hydrogen) atoms. The highest BCUT2D eigenvalue weighted by molar-refractivity contribution is 9.10. The fraction of sp³-hybridized carbons (Fsp3) is 0.136. The second-order valence-corrected chi connectivity index (χ2v) is 6.83. The van der Waals surface area contributed by atoms with Gasteiger partial charge in [-0.05, 0) is 70.2 Å². The van der Waals surface area contributed by atoms with Crippen molar-refractivity contribution in [3.63, 3.8) is 0 Å². The van der Waals surface area contributed by atoms with Crippen molar-refractivity contribution in [2.24, 2.45) is 0 Å². The van der Waals surface area contributed by atoms with Crippen LogP contribution in [0.5, 0.6) is 11.5 Å². The monoisotopic (exact) mass is 410 g/mol. The number of carbonyl (C=O) groups excluding carboxylic acids is 1. The van der Waals surface area contributed by atoms with Crippen LogP contribution in [0.2, 0.25) is 0 Å². The Kier molecular flexibility index (Phi) is 5.74. The second kappa shape index (κ2) is 8.19. The van der Waals surface area contributed by atoms with Gasteiger partial charge in [0.2, 0.25) is 0 Å². The van der Waals surface area contributed by atoms with Gasteiger partial charge in [-0.3, -0.25) is 0 Å². The SMILES string of the molecule is Cc1cccc(OCC(=O)Oc2ccc(-c3ccccc3)cc2Br)c1C. The highest BCUT2D eigenvalue weighted by atomic mass is 79.9. The Hall–Kier alpha value is -2.59. The Bertz CT molecular complexity index is 920. The van der Waals surface area contributed by atoms with E-state index in [2.05, 4.69) is 15.9 Å². The molecule has 0 aliphatic carbocycles. The summed E-state index contributed by atoms with van der Waals surface area (Å²) >= 11 is 3.47. The lowest BCUT2D eigenvalue weighted by Gasteiger charge is -2.11. The molecule has 0 N–H and O–H groups in total. The second-order valence-electron chi connectivity index (χ2n) is 5.97. The normalized spacial score (nSPS) is 10.4. The largest absolute Gasteiger partial charge is 0.482 e. The van der Waals surface area contributed by atoms with Gasteiger partial charge in [0.05, 0.1) is 4.47 Å². The standard InChI is InChI=1S/C22H19BrO3/c1-15-7-6-10-20(16(15)2)25-14-22(24)26-21-12-11-18(13-19(21)23)17-8-4-3-5-9-17/h3-13H,14H2,1-2H3. The van der Waals surface area contributed by atoms with Crippen molar-refractivity contribution in [2.45, 2.75) is 13.8 Å². The third-order valence-corrected chi connectivity index (χ3v) is 4.78. The minimum absolute atomic E-state index is 0.142. The third-order valence-electron chi connectivity index (χ3n) is 4.16. The van der Waals surface area contributed by atoms with Crippen LogP contribution in [0.15, 0.2) is 71.2 Å². The van der Waals surface area contributed by atoms with Crippen molar-refractivity contribution < 1.29 is 14.3 Å². The van der Waals surface area contributed by atoms with E-state index < -0.39 is 5.97 Å². The van der Waals surface area contributed by atoms with Crippen LogP contribution < -0.4 is 9.47 Å². The summed E-state index contributed by atoms with van der Waals surface area (Å²) in [5, 5.41) is 0. The van der Waals surface area contributed by atoms with Crippen LogP contribution in [-0.4, -0.2) is 12.6 Å². The summed E-state index contributed by atoms with van der Waals surface area (Å²) in [5.74, 6) is 0.721. The van der Waals surface area contributed by atoms with Crippen molar-refractivity contribution >= 4 is 21.9 Å². The number of esters is 1. The Morgan fingerprint density at radius 2 is 1.65 bits per heavy atom. The Morgan fingerprint density at radius 1 is 0.885 bits per heavy atom. The lowest BCUT2D eigenvalue weighted by molar-refractivity contribution is -0.136. The number of hydrogen-bond donors (Lipinski definition) is 0. The van der Waals surface area contributed by atoms with Crippen LogP contribution in [0.1, 0.15) is 11.1 Å². The maximum absolute atomic E-state index is 12.1. The number of benzene rings is 3. The molecule has 0 atom stereocenters. The Balaban J connectivity index is 1.65. The van der Waals surface area contributed by atoms with Gasteiger partial charge < -0.3 is 9.47 Å². The van der Waals surface area contributed by atoms with Crippen LogP contribution in [0, 0.1) is 13.8 Å². The minimum Gasteiger partial charge on any atom is -0.482 e. The molecule has 0 heterocycles. The quantitative estimate of drug-likeness (QED) is 0.398. The smallest absolute Gasteiger partial charge is 0.349 e. The van der Waals surface area contributed by atoms with Crippen LogP contribution in [-0.2, 0) is 4.79 Å². The first-order valence-electron chi connectivity index (χ1n) is 8.29. The molecule has 3 rings (SSSR count). The number of hydrogen-bond acceptors (Lipinski definition) is 3. The average Bonchev–Trinajstić information content (AvgIpc) is 2.65. The zero-order valence-corrected chi connectivity index (χ0v) is 16.2. The van der Waals surface area contributed by atoms with Crippen molar-refractivity contribution in [3.05, 3.63) is 82.3 Å². The van der Waals surface area contributed by atoms with E-state index in [-0.39, 0.29) is 6.61 Å². The molecule has 0 aliphatic heterocycles. The van der Waals surface area contributed by atoms with Gasteiger partial charge in [-0.25, -0.2) is 4.79 Å². The van der Waals surface area contributed by atoms with Gasteiger partial charge in [-0.15, -0.1) is 0 Å². The summed E-state index contributed by atoms with van der Waals surface area (Å²) in [5.41, 5.74) is 4.29. The molecule has 0 bridgehead atoms. The van der Waals surface area contributed by atoms with E-state index in [1.807, 2.05) is 74.5 Å². The Labute approximate surface area is 161 Å². The first-order valence-corrected chi connectivity index (χ1v) is 9.08. The van der Waals surface area contributed by atoms with Crippen LogP contribution >= 0.6 is 15.9 Å². The van der Waals surface area contributed by atoms with Crippen LogP contribution in [0.3, 0.4) is 0 Å². The van der Waals surface area contributed by atoms with Gasteiger partial charge in [0.25, 0.3) is 0 Å². The summed E-state index contributed by atoms with van der Waals surface area (Å²) in [6.45, 7) is 3.83. The zero-order chi connectivity index (χ0) is 18.5. The molecule has 0 saturated carbocycles. The number of rotatable bonds is 5. The van der Waals surface area contributed by atoms with Gasteiger partial charge in [0.15, 0.2) is 6.61 Å². The third kappa shape index (κ3) is 4.33. The molecule has 0 saturated heterocycles. The molecule has 3 aromatic carbocycles. The average molecular weight is 411 g/mol. The highest BCUT2D eigenvalue weighted by Gasteiger charge is 2.11. The van der Waals surface area contributed by atoms with E-state index >= 15 is 0 Å². The van der Waals surface area contributed by atoms with E-state index in [1.165, 1.54) is 0 Å². The maximum atomic E-state index is 12.1. The fourth-order valence-corrected chi connectivity index (χ4v) is 3.02. The first kappa shape index (κ1) is 18.2. The van der Waals surface area contributed by atoms with Crippen LogP contribution in [0.25, 0.3) is 11.1 Å². The molecule has 132 valence electrons. The molecule has 4 heteroatoms. The molecular formula is C22H19BrO3. The molecule has 3 aromatic rings. The zero-order valence-electron chi connectivity index (χ0n) is 14.7. The van der Waals surface area contributed by atoms with Crippen molar-refractivity contribution in [1.29, 1.82) is 0 Å². The van der Waals surface area contributed by atoms with Gasteiger partial charge in [0.1, 0.15) is 11.5 Å². The number of aryl methyl sites for hydroxylation is 1. The number of carbonyl (C=O) groups is 1. The summed E-state index contributed by atoms with van der Waals surface area (Å²) in [7, 11) is 0. The summed E-state index contributed by atoms with van der Waals surface area (Å²) in [6, 6.07) is 21.4. The molecule has 0 aromatic heterocycles. The molecule has 0 unspecified atom stereocenters. The summed E-state index contributed by atoms with van der Waals surface area (Å²) in [6.07, 6.45) is 0. The van der Waals surface area contributed by atoms with Gasteiger partial charge in [0, 0.05) is 0 Å². The molecule has 0 fully saturated rings. The first-order chi connectivity index (χ1) is 12.5. The molecule has 0 amide bonds. The predicted molar refractivity (Wildman–Crippen MR) is 107 cm³/mol. The van der Waals surface area contributed by atoms with Gasteiger partial charge in [-0.1, -0.05) is 48.5 Å². The molecule has 0 spiro atoms. The minimum atomic E-state index is -0.445. The highest BCUT2D eigenvalue weighted by Crippen LogP contribution is 2.31. The van der Waals surface area contributed by atoms with Crippen molar-refractivity contribution in [1.82, 2.24) is 0 Å². The van der Waals surface area contributed by atoms with E-state index in [4.69, 9.17) is 9.47 Å². The summed E-state index contributed by atoms with van der Waals surface area (Å²) in [4.78, 5) is 12.1. The van der Waals surface area contributed by atoms with Crippen molar-refractivity contribution in [2.75, 3.05) is 6.61 Å². The van der Waals surface area contributed by atoms with Gasteiger partial charge in [-0.2, -0.15) is 0 Å². The van der Waals surface area contributed by atoms with E-state index in [1.54, 1.807) is 6.07 Å². The van der Waals surface area contributed by atoms with E-state index in [0.717, 1.165) is 26.7 Å².